The highest BCUT2D eigenvalue weighted by Crippen LogP contribution is 2.26. The van der Waals surface area contributed by atoms with E-state index in [0.29, 0.717) is 24.2 Å². The summed E-state index contributed by atoms with van der Waals surface area (Å²) in [5, 5.41) is 0.673. The number of fused-ring (bicyclic) bond motifs is 1. The number of ether oxygens (including phenoxy) is 1. The molecule has 0 bridgehead atoms. The van der Waals surface area contributed by atoms with Crippen LogP contribution in [0.25, 0.3) is 10.9 Å². The van der Waals surface area contributed by atoms with E-state index in [0.717, 1.165) is 18.4 Å². The monoisotopic (exact) mass is 247 g/mol. The fourth-order valence-electron chi connectivity index (χ4n) is 2.48. The maximum absolute atomic E-state index is 13.3. The lowest BCUT2D eigenvalue weighted by Crippen LogP contribution is -2.23. The Hall–Kier alpha value is -1.68. The van der Waals surface area contributed by atoms with Crippen LogP contribution in [-0.2, 0) is 4.74 Å². The summed E-state index contributed by atoms with van der Waals surface area (Å²) in [5.41, 5.74) is 1.39. The zero-order chi connectivity index (χ0) is 12.5. The maximum Gasteiger partial charge on any atom is 0.168 e. The molecule has 2 aromatic rings. The van der Waals surface area contributed by atoms with E-state index in [-0.39, 0.29) is 17.5 Å². The third-order valence-corrected chi connectivity index (χ3v) is 3.50. The molecule has 1 aromatic heterocycles. The number of H-pyrrole nitrogens is 1. The van der Waals surface area contributed by atoms with Gasteiger partial charge in [-0.05, 0) is 31.0 Å². The van der Waals surface area contributed by atoms with Gasteiger partial charge in [0.1, 0.15) is 5.82 Å². The van der Waals surface area contributed by atoms with Gasteiger partial charge in [0.05, 0.1) is 0 Å². The van der Waals surface area contributed by atoms with Crippen LogP contribution in [0.1, 0.15) is 23.2 Å². The standard InChI is InChI=1S/C14H14FNO2/c15-10-1-2-13-11(7-10)12(8-16-13)14(17)9-3-5-18-6-4-9/h1-2,7-9,16H,3-6H2. The van der Waals surface area contributed by atoms with E-state index in [1.807, 2.05) is 0 Å². The molecule has 0 unspecified atom stereocenters. The lowest BCUT2D eigenvalue weighted by molar-refractivity contribution is 0.0546. The van der Waals surface area contributed by atoms with Gasteiger partial charge in [0, 0.05) is 41.8 Å². The van der Waals surface area contributed by atoms with Crippen LogP contribution in [0.2, 0.25) is 0 Å². The second-order valence-electron chi connectivity index (χ2n) is 4.64. The van der Waals surface area contributed by atoms with Crippen molar-refractivity contribution in [3.63, 3.8) is 0 Å². The predicted octanol–water partition coefficient (Wildman–Crippen LogP) is 2.92. The fraction of sp³-hybridized carbons (Fsp3) is 0.357. The number of ketones is 1. The Bertz CT molecular complexity index is 584. The van der Waals surface area contributed by atoms with Crippen LogP contribution < -0.4 is 0 Å². The average Bonchev–Trinajstić information content (AvgIpc) is 2.82. The van der Waals surface area contributed by atoms with E-state index in [4.69, 9.17) is 4.74 Å². The zero-order valence-corrected chi connectivity index (χ0v) is 9.91. The molecule has 0 spiro atoms. The highest BCUT2D eigenvalue weighted by molar-refractivity contribution is 6.08. The Morgan fingerprint density at radius 1 is 1.33 bits per heavy atom. The number of carbonyl (C=O) groups excluding carboxylic acids is 1. The molecule has 2 heterocycles. The fourth-order valence-corrected chi connectivity index (χ4v) is 2.48. The SMILES string of the molecule is O=C(c1c[nH]c2ccc(F)cc12)C1CCOCC1. The number of hydrogen-bond donors (Lipinski definition) is 1. The van der Waals surface area contributed by atoms with Crippen LogP contribution in [0.4, 0.5) is 4.39 Å². The van der Waals surface area contributed by atoms with Crippen molar-refractivity contribution in [1.82, 2.24) is 4.98 Å². The number of rotatable bonds is 2. The molecule has 3 nitrogen and oxygen atoms in total. The summed E-state index contributed by atoms with van der Waals surface area (Å²) in [6, 6.07) is 4.46. The number of aromatic nitrogens is 1. The zero-order valence-electron chi connectivity index (χ0n) is 9.91. The molecule has 0 saturated carbocycles. The lowest BCUT2D eigenvalue weighted by Gasteiger charge is -2.20. The number of Topliss-reactive ketones (excluding diaryl/α,β-unsaturated/α-hetero) is 1. The Balaban J connectivity index is 1.98. The molecule has 1 aliphatic rings. The smallest absolute Gasteiger partial charge is 0.168 e. The predicted molar refractivity (Wildman–Crippen MR) is 66.1 cm³/mol. The largest absolute Gasteiger partial charge is 0.381 e. The maximum atomic E-state index is 13.3. The van der Waals surface area contributed by atoms with Crippen LogP contribution in [0.15, 0.2) is 24.4 Å². The summed E-state index contributed by atoms with van der Waals surface area (Å²) in [4.78, 5) is 15.4. The normalized spacial score (nSPS) is 17.2. The molecule has 1 aliphatic heterocycles. The van der Waals surface area contributed by atoms with Crippen molar-refractivity contribution in [2.45, 2.75) is 12.8 Å². The van der Waals surface area contributed by atoms with Gasteiger partial charge in [-0.3, -0.25) is 4.79 Å². The van der Waals surface area contributed by atoms with Gasteiger partial charge in [-0.15, -0.1) is 0 Å². The minimum atomic E-state index is -0.317. The minimum absolute atomic E-state index is 0.000942. The summed E-state index contributed by atoms with van der Waals surface area (Å²) in [6.07, 6.45) is 3.18. The first-order chi connectivity index (χ1) is 8.75. The summed E-state index contributed by atoms with van der Waals surface area (Å²) < 4.78 is 18.5. The number of halogens is 1. The van der Waals surface area contributed by atoms with Gasteiger partial charge < -0.3 is 9.72 Å². The molecule has 1 fully saturated rings. The molecular formula is C14H14FNO2. The first-order valence-corrected chi connectivity index (χ1v) is 6.14. The van der Waals surface area contributed by atoms with E-state index in [2.05, 4.69) is 4.98 Å². The Morgan fingerprint density at radius 3 is 2.89 bits per heavy atom. The van der Waals surface area contributed by atoms with Crippen molar-refractivity contribution in [3.05, 3.63) is 35.8 Å². The van der Waals surface area contributed by atoms with Gasteiger partial charge in [0.2, 0.25) is 0 Å². The summed E-state index contributed by atoms with van der Waals surface area (Å²) in [6.45, 7) is 1.26. The van der Waals surface area contributed by atoms with Gasteiger partial charge in [-0.1, -0.05) is 0 Å². The molecule has 0 radical (unpaired) electrons. The third kappa shape index (κ3) is 1.93. The van der Waals surface area contributed by atoms with Crippen LogP contribution in [0.5, 0.6) is 0 Å². The number of aromatic amines is 1. The summed E-state index contributed by atoms with van der Waals surface area (Å²) in [5.74, 6) is -0.223. The van der Waals surface area contributed by atoms with E-state index in [9.17, 15) is 9.18 Å². The van der Waals surface area contributed by atoms with Gasteiger partial charge in [-0.2, -0.15) is 0 Å². The van der Waals surface area contributed by atoms with Crippen LogP contribution in [0, 0.1) is 11.7 Å². The van der Waals surface area contributed by atoms with Crippen molar-refractivity contribution in [3.8, 4) is 0 Å². The molecule has 4 heteroatoms. The minimum Gasteiger partial charge on any atom is -0.381 e. The number of carbonyl (C=O) groups is 1. The van der Waals surface area contributed by atoms with Crippen LogP contribution >= 0.6 is 0 Å². The Kier molecular flexibility index (Phi) is 2.88. The first-order valence-electron chi connectivity index (χ1n) is 6.14. The molecule has 94 valence electrons. The third-order valence-electron chi connectivity index (χ3n) is 3.50. The van der Waals surface area contributed by atoms with Crippen molar-refractivity contribution < 1.29 is 13.9 Å². The van der Waals surface area contributed by atoms with Gasteiger partial charge in [0.15, 0.2) is 5.78 Å². The van der Waals surface area contributed by atoms with E-state index < -0.39 is 0 Å². The summed E-state index contributed by atoms with van der Waals surface area (Å²) in [7, 11) is 0. The Labute approximate surface area is 104 Å². The molecule has 1 saturated heterocycles. The topological polar surface area (TPSA) is 42.1 Å². The average molecular weight is 247 g/mol. The van der Waals surface area contributed by atoms with Crippen molar-refractivity contribution >= 4 is 16.7 Å². The van der Waals surface area contributed by atoms with Crippen molar-refractivity contribution in [2.24, 2.45) is 5.92 Å². The molecule has 0 amide bonds. The molecule has 0 aliphatic carbocycles. The molecule has 0 atom stereocenters. The van der Waals surface area contributed by atoms with E-state index in [1.165, 1.54) is 12.1 Å². The van der Waals surface area contributed by atoms with E-state index >= 15 is 0 Å². The number of hydrogen-bond acceptors (Lipinski definition) is 2. The van der Waals surface area contributed by atoms with E-state index in [1.54, 1.807) is 12.3 Å². The van der Waals surface area contributed by atoms with Crippen molar-refractivity contribution in [1.29, 1.82) is 0 Å². The highest BCUT2D eigenvalue weighted by Gasteiger charge is 2.24. The summed E-state index contributed by atoms with van der Waals surface area (Å²) >= 11 is 0. The van der Waals surface area contributed by atoms with Crippen LogP contribution in [-0.4, -0.2) is 24.0 Å². The molecule has 1 N–H and O–H groups in total. The quantitative estimate of drug-likeness (QED) is 0.829. The molecule has 3 rings (SSSR count). The Morgan fingerprint density at radius 2 is 2.11 bits per heavy atom. The molecule has 1 aromatic carbocycles. The highest BCUT2D eigenvalue weighted by atomic mass is 19.1. The number of nitrogens with one attached hydrogen (secondary N) is 1. The van der Waals surface area contributed by atoms with Gasteiger partial charge in [-0.25, -0.2) is 4.39 Å². The second kappa shape index (κ2) is 4.53. The van der Waals surface area contributed by atoms with Crippen LogP contribution in [0.3, 0.4) is 0 Å². The van der Waals surface area contributed by atoms with Gasteiger partial charge >= 0.3 is 0 Å². The van der Waals surface area contributed by atoms with Crippen molar-refractivity contribution in [2.75, 3.05) is 13.2 Å². The van der Waals surface area contributed by atoms with Gasteiger partial charge in [0.25, 0.3) is 0 Å². The lowest BCUT2D eigenvalue weighted by atomic mass is 9.91. The second-order valence-corrected chi connectivity index (χ2v) is 4.64. The molecule has 18 heavy (non-hydrogen) atoms. The first kappa shape index (κ1) is 11.4. The number of benzene rings is 1. The molecular weight excluding hydrogens is 233 g/mol.